The number of aliphatic hydroxyl groups excluding tert-OH is 1. The number of rotatable bonds is 4. The standard InChI is InChI=1S/C16H27NO2/c1-12-5-6-14(19-12)11-17(4)10-13-9-16(2,3)8-7-15(13)18/h5-6,13,15,18H,7-11H2,1-4H3. The van der Waals surface area contributed by atoms with Gasteiger partial charge in [0.2, 0.25) is 0 Å². The maximum absolute atomic E-state index is 10.2. The fourth-order valence-electron chi connectivity index (χ4n) is 3.21. The summed E-state index contributed by atoms with van der Waals surface area (Å²) >= 11 is 0. The monoisotopic (exact) mass is 265 g/mol. The molecule has 1 aromatic rings. The van der Waals surface area contributed by atoms with Crippen molar-refractivity contribution < 1.29 is 9.52 Å². The summed E-state index contributed by atoms with van der Waals surface area (Å²) in [6.45, 7) is 8.34. The molecule has 0 radical (unpaired) electrons. The fraction of sp³-hybridized carbons (Fsp3) is 0.750. The second-order valence-electron chi connectivity index (χ2n) is 6.94. The van der Waals surface area contributed by atoms with Crippen molar-refractivity contribution in [2.75, 3.05) is 13.6 Å². The molecule has 0 aliphatic heterocycles. The minimum absolute atomic E-state index is 0.145. The average Bonchev–Trinajstić information content (AvgIpc) is 2.69. The van der Waals surface area contributed by atoms with Gasteiger partial charge in [-0.3, -0.25) is 4.90 Å². The fourth-order valence-corrected chi connectivity index (χ4v) is 3.21. The van der Waals surface area contributed by atoms with E-state index in [4.69, 9.17) is 4.42 Å². The van der Waals surface area contributed by atoms with Crippen LogP contribution in [-0.2, 0) is 6.54 Å². The highest BCUT2D eigenvalue weighted by Gasteiger charge is 2.34. The van der Waals surface area contributed by atoms with Crippen LogP contribution in [0.1, 0.15) is 44.6 Å². The normalized spacial score (nSPS) is 26.8. The summed E-state index contributed by atoms with van der Waals surface area (Å²) in [5, 5.41) is 10.2. The van der Waals surface area contributed by atoms with Crippen molar-refractivity contribution in [1.82, 2.24) is 4.90 Å². The van der Waals surface area contributed by atoms with Crippen LogP contribution in [-0.4, -0.2) is 29.7 Å². The number of hydrogen-bond donors (Lipinski definition) is 1. The summed E-state index contributed by atoms with van der Waals surface area (Å²) in [5.74, 6) is 2.34. The predicted molar refractivity (Wildman–Crippen MR) is 76.9 cm³/mol. The molecule has 0 amide bonds. The lowest BCUT2D eigenvalue weighted by molar-refractivity contribution is 0.00602. The summed E-state index contributed by atoms with van der Waals surface area (Å²) in [4.78, 5) is 2.26. The topological polar surface area (TPSA) is 36.6 Å². The second-order valence-corrected chi connectivity index (χ2v) is 6.94. The van der Waals surface area contributed by atoms with E-state index < -0.39 is 0 Å². The number of furan rings is 1. The highest BCUT2D eigenvalue weighted by atomic mass is 16.3. The Morgan fingerprint density at radius 3 is 2.79 bits per heavy atom. The zero-order chi connectivity index (χ0) is 14.0. The molecule has 108 valence electrons. The van der Waals surface area contributed by atoms with Gasteiger partial charge in [0.15, 0.2) is 0 Å². The van der Waals surface area contributed by atoms with Crippen LogP contribution in [0.5, 0.6) is 0 Å². The van der Waals surface area contributed by atoms with E-state index in [1.165, 1.54) is 0 Å². The van der Waals surface area contributed by atoms with Gasteiger partial charge in [-0.25, -0.2) is 0 Å². The maximum atomic E-state index is 10.2. The molecule has 0 bridgehead atoms. The molecule has 0 aromatic carbocycles. The predicted octanol–water partition coefficient (Wildman–Crippen LogP) is 3.21. The molecule has 1 heterocycles. The summed E-state index contributed by atoms with van der Waals surface area (Å²) in [6, 6.07) is 4.04. The summed E-state index contributed by atoms with van der Waals surface area (Å²) < 4.78 is 5.61. The summed E-state index contributed by atoms with van der Waals surface area (Å²) in [5.41, 5.74) is 0.367. The zero-order valence-corrected chi connectivity index (χ0v) is 12.6. The van der Waals surface area contributed by atoms with E-state index in [9.17, 15) is 5.11 Å². The van der Waals surface area contributed by atoms with Crippen molar-refractivity contribution in [2.45, 2.75) is 52.7 Å². The van der Waals surface area contributed by atoms with Gasteiger partial charge in [0.05, 0.1) is 12.6 Å². The Labute approximate surface area is 116 Å². The van der Waals surface area contributed by atoms with Gasteiger partial charge in [-0.15, -0.1) is 0 Å². The third-order valence-electron chi connectivity index (χ3n) is 4.24. The van der Waals surface area contributed by atoms with Crippen molar-refractivity contribution in [1.29, 1.82) is 0 Å². The molecule has 1 aliphatic rings. The molecule has 1 aliphatic carbocycles. The van der Waals surface area contributed by atoms with Crippen molar-refractivity contribution in [2.24, 2.45) is 11.3 Å². The van der Waals surface area contributed by atoms with Gasteiger partial charge in [0.1, 0.15) is 11.5 Å². The van der Waals surface area contributed by atoms with Gasteiger partial charge < -0.3 is 9.52 Å². The average molecular weight is 265 g/mol. The van der Waals surface area contributed by atoms with Crippen LogP contribution in [0.15, 0.2) is 16.5 Å². The molecule has 0 spiro atoms. The van der Waals surface area contributed by atoms with Gasteiger partial charge in [-0.1, -0.05) is 13.8 Å². The van der Waals surface area contributed by atoms with Crippen molar-refractivity contribution >= 4 is 0 Å². The Bertz CT molecular complexity index is 411. The lowest BCUT2D eigenvalue weighted by atomic mass is 9.71. The highest BCUT2D eigenvalue weighted by molar-refractivity contribution is 5.05. The largest absolute Gasteiger partial charge is 0.465 e. The molecule has 1 saturated carbocycles. The van der Waals surface area contributed by atoms with Gasteiger partial charge in [-0.2, -0.15) is 0 Å². The first kappa shape index (κ1) is 14.6. The minimum atomic E-state index is -0.145. The lowest BCUT2D eigenvalue weighted by Crippen LogP contribution is -2.39. The SMILES string of the molecule is Cc1ccc(CN(C)CC2CC(C)(C)CCC2O)o1. The molecule has 0 saturated heterocycles. The van der Waals surface area contributed by atoms with Crippen LogP contribution >= 0.6 is 0 Å². The van der Waals surface area contributed by atoms with Crippen molar-refractivity contribution in [3.8, 4) is 0 Å². The third-order valence-corrected chi connectivity index (χ3v) is 4.24. The molecule has 1 aromatic heterocycles. The van der Waals surface area contributed by atoms with E-state index in [2.05, 4.69) is 25.8 Å². The van der Waals surface area contributed by atoms with E-state index in [0.717, 1.165) is 43.9 Å². The minimum Gasteiger partial charge on any atom is -0.465 e. The molecule has 1 N–H and O–H groups in total. The van der Waals surface area contributed by atoms with E-state index >= 15 is 0 Å². The smallest absolute Gasteiger partial charge is 0.118 e. The quantitative estimate of drug-likeness (QED) is 0.908. The van der Waals surface area contributed by atoms with Crippen molar-refractivity contribution in [3.63, 3.8) is 0 Å². The van der Waals surface area contributed by atoms with E-state index in [1.54, 1.807) is 0 Å². The molecule has 2 atom stereocenters. The molecule has 2 rings (SSSR count). The molecule has 19 heavy (non-hydrogen) atoms. The maximum Gasteiger partial charge on any atom is 0.118 e. The Hall–Kier alpha value is -0.800. The number of aliphatic hydroxyl groups is 1. The number of hydrogen-bond acceptors (Lipinski definition) is 3. The van der Waals surface area contributed by atoms with Crippen LogP contribution in [0.3, 0.4) is 0 Å². The first-order chi connectivity index (χ1) is 8.85. The molecular weight excluding hydrogens is 238 g/mol. The van der Waals surface area contributed by atoms with Gasteiger partial charge in [0.25, 0.3) is 0 Å². The Morgan fingerprint density at radius 1 is 1.42 bits per heavy atom. The molecule has 2 unspecified atom stereocenters. The Morgan fingerprint density at radius 2 is 2.16 bits per heavy atom. The van der Waals surface area contributed by atoms with Crippen LogP contribution < -0.4 is 0 Å². The van der Waals surface area contributed by atoms with Gasteiger partial charge >= 0.3 is 0 Å². The lowest BCUT2D eigenvalue weighted by Gasteiger charge is -2.40. The third kappa shape index (κ3) is 4.08. The summed E-state index contributed by atoms with van der Waals surface area (Å²) in [7, 11) is 2.10. The first-order valence-electron chi connectivity index (χ1n) is 7.28. The van der Waals surface area contributed by atoms with Crippen molar-refractivity contribution in [3.05, 3.63) is 23.7 Å². The first-order valence-corrected chi connectivity index (χ1v) is 7.28. The van der Waals surface area contributed by atoms with Gasteiger partial charge in [0, 0.05) is 6.54 Å². The molecule has 1 fully saturated rings. The van der Waals surface area contributed by atoms with Gasteiger partial charge in [-0.05, 0) is 56.7 Å². The van der Waals surface area contributed by atoms with Crippen LogP contribution in [0.4, 0.5) is 0 Å². The van der Waals surface area contributed by atoms with E-state index in [0.29, 0.717) is 11.3 Å². The molecule has 3 heteroatoms. The highest BCUT2D eigenvalue weighted by Crippen LogP contribution is 2.39. The Kier molecular flexibility index (Phi) is 4.36. The molecular formula is C16H27NO2. The molecule has 3 nitrogen and oxygen atoms in total. The zero-order valence-electron chi connectivity index (χ0n) is 12.6. The van der Waals surface area contributed by atoms with E-state index in [-0.39, 0.29) is 6.10 Å². The number of aryl methyl sites for hydroxylation is 1. The summed E-state index contributed by atoms with van der Waals surface area (Å²) in [6.07, 6.45) is 3.03. The second kappa shape index (κ2) is 5.68. The number of nitrogens with zero attached hydrogens (tertiary/aromatic N) is 1. The van der Waals surface area contributed by atoms with Crippen LogP contribution in [0.25, 0.3) is 0 Å². The van der Waals surface area contributed by atoms with Crippen LogP contribution in [0.2, 0.25) is 0 Å². The Balaban J connectivity index is 1.88. The van der Waals surface area contributed by atoms with Crippen LogP contribution in [0, 0.1) is 18.3 Å². The van der Waals surface area contributed by atoms with E-state index in [1.807, 2.05) is 19.1 Å².